The van der Waals surface area contributed by atoms with Crippen LogP contribution in [0.2, 0.25) is 0 Å². The number of nitrogens with two attached hydrogens (primary N) is 1. The highest BCUT2D eigenvalue weighted by atomic mass is 19.1. The number of para-hydroxylation sites is 1. The van der Waals surface area contributed by atoms with Crippen molar-refractivity contribution in [1.29, 1.82) is 0 Å². The van der Waals surface area contributed by atoms with Crippen molar-refractivity contribution in [2.24, 2.45) is 5.73 Å². The second-order valence-electron chi connectivity index (χ2n) is 7.53. The van der Waals surface area contributed by atoms with Gasteiger partial charge in [0.2, 0.25) is 0 Å². The van der Waals surface area contributed by atoms with Gasteiger partial charge in [-0.15, -0.1) is 0 Å². The van der Waals surface area contributed by atoms with E-state index < -0.39 is 23.6 Å². The molecule has 2 aromatic heterocycles. The predicted octanol–water partition coefficient (Wildman–Crippen LogP) is 4.92. The molecule has 0 aliphatic carbocycles. The molecule has 4 N–H and O–H groups in total. The minimum absolute atomic E-state index is 0.161. The first-order valence-electron chi connectivity index (χ1n) is 10.4. The van der Waals surface area contributed by atoms with Crippen molar-refractivity contribution in [2.75, 3.05) is 5.32 Å². The van der Waals surface area contributed by atoms with Crippen LogP contribution in [0.15, 0.2) is 65.4 Å². The number of amides is 1. The number of nitrogens with zero attached hydrogens (tertiary/aromatic N) is 1. The molecule has 0 aliphatic rings. The van der Waals surface area contributed by atoms with Gasteiger partial charge in [0.25, 0.3) is 5.91 Å². The van der Waals surface area contributed by atoms with Gasteiger partial charge in [-0.3, -0.25) is 14.6 Å². The summed E-state index contributed by atoms with van der Waals surface area (Å²) in [6.45, 7) is 1.98. The first-order valence-corrected chi connectivity index (χ1v) is 10.4. The summed E-state index contributed by atoms with van der Waals surface area (Å²) in [6, 6.07) is 13.0. The Labute approximate surface area is 189 Å². The molecular weight excluding hydrogens is 425 g/mol. The molecule has 4 rings (SSSR count). The van der Waals surface area contributed by atoms with E-state index in [-0.39, 0.29) is 17.5 Å². The van der Waals surface area contributed by atoms with Crippen molar-refractivity contribution in [1.82, 2.24) is 4.98 Å². The number of furan rings is 1. The summed E-state index contributed by atoms with van der Waals surface area (Å²) in [5.41, 5.74) is 8.41. The van der Waals surface area contributed by atoms with Crippen LogP contribution in [0.4, 0.5) is 10.1 Å². The van der Waals surface area contributed by atoms with Gasteiger partial charge < -0.3 is 20.6 Å². The average Bonchev–Trinajstić information content (AvgIpc) is 3.31. The number of hydrogen-bond donors (Lipinski definition) is 3. The number of anilines is 1. The first kappa shape index (κ1) is 22.2. The number of carbonyl (C=O) groups excluding carboxylic acids is 1. The van der Waals surface area contributed by atoms with E-state index in [9.17, 15) is 14.7 Å². The van der Waals surface area contributed by atoms with Crippen molar-refractivity contribution >= 4 is 28.5 Å². The molecule has 1 amide bonds. The highest BCUT2D eigenvalue weighted by Crippen LogP contribution is 2.34. The molecule has 0 aliphatic heterocycles. The summed E-state index contributed by atoms with van der Waals surface area (Å²) in [6.07, 6.45) is 3.29. The third kappa shape index (κ3) is 4.20. The zero-order valence-corrected chi connectivity index (χ0v) is 17.8. The summed E-state index contributed by atoms with van der Waals surface area (Å²) < 4.78 is 20.8. The Kier molecular flexibility index (Phi) is 6.19. The number of fused-ring (bicyclic) bond motifs is 1. The van der Waals surface area contributed by atoms with Crippen LogP contribution in [0.25, 0.3) is 22.1 Å². The molecule has 4 aromatic rings. The monoisotopic (exact) mass is 447 g/mol. The second-order valence-corrected chi connectivity index (χ2v) is 7.53. The van der Waals surface area contributed by atoms with Gasteiger partial charge in [0.05, 0.1) is 28.8 Å². The van der Waals surface area contributed by atoms with E-state index in [4.69, 9.17) is 10.2 Å². The Morgan fingerprint density at radius 1 is 1.21 bits per heavy atom. The molecule has 7 nitrogen and oxygen atoms in total. The molecule has 0 bridgehead atoms. The number of benzene rings is 2. The van der Waals surface area contributed by atoms with Crippen LogP contribution in [-0.2, 0) is 11.3 Å². The highest BCUT2D eigenvalue weighted by Gasteiger charge is 2.24. The molecule has 1 unspecified atom stereocenters. The van der Waals surface area contributed by atoms with Gasteiger partial charge in [-0.1, -0.05) is 25.1 Å². The lowest BCUT2D eigenvalue weighted by atomic mass is 9.94. The smallest absolute Gasteiger partial charge is 0.311 e. The zero-order chi connectivity index (χ0) is 23.5. The fourth-order valence-corrected chi connectivity index (χ4v) is 3.88. The van der Waals surface area contributed by atoms with E-state index in [1.54, 1.807) is 49.5 Å². The van der Waals surface area contributed by atoms with Crippen LogP contribution in [0.1, 0.15) is 40.9 Å². The molecule has 168 valence electrons. The lowest BCUT2D eigenvalue weighted by Gasteiger charge is -2.16. The SMILES string of the molecule is CCC(C(=O)O)c1ccccc1NC(=O)c1cc(-c2ccnc(CN)c2)c2occc2c1F. The molecule has 2 heterocycles. The quantitative estimate of drug-likeness (QED) is 0.370. The molecule has 8 heteroatoms. The van der Waals surface area contributed by atoms with Crippen LogP contribution < -0.4 is 11.1 Å². The van der Waals surface area contributed by atoms with Crippen molar-refractivity contribution in [3.05, 3.63) is 83.6 Å². The van der Waals surface area contributed by atoms with Gasteiger partial charge in [0.15, 0.2) is 0 Å². The summed E-state index contributed by atoms with van der Waals surface area (Å²) >= 11 is 0. The number of hydrogen-bond acceptors (Lipinski definition) is 5. The fraction of sp³-hybridized carbons (Fsp3) is 0.160. The van der Waals surface area contributed by atoms with Gasteiger partial charge in [0.1, 0.15) is 11.4 Å². The predicted molar refractivity (Wildman–Crippen MR) is 122 cm³/mol. The summed E-state index contributed by atoms with van der Waals surface area (Å²) in [4.78, 5) is 29.0. The molecular formula is C25H22FN3O4. The Hall–Kier alpha value is -4.04. The number of carbonyl (C=O) groups is 2. The van der Waals surface area contributed by atoms with Gasteiger partial charge in [0, 0.05) is 24.0 Å². The van der Waals surface area contributed by atoms with E-state index in [0.29, 0.717) is 40.1 Å². The molecule has 2 aromatic carbocycles. The highest BCUT2D eigenvalue weighted by molar-refractivity contribution is 6.09. The number of rotatable bonds is 7. The number of nitrogens with one attached hydrogen (secondary N) is 1. The van der Waals surface area contributed by atoms with E-state index in [0.717, 1.165) is 0 Å². The number of pyridine rings is 1. The molecule has 0 fully saturated rings. The maximum atomic E-state index is 15.3. The molecule has 0 spiro atoms. The van der Waals surface area contributed by atoms with Crippen molar-refractivity contribution in [2.45, 2.75) is 25.8 Å². The molecule has 33 heavy (non-hydrogen) atoms. The van der Waals surface area contributed by atoms with Crippen LogP contribution in [-0.4, -0.2) is 22.0 Å². The third-order valence-corrected chi connectivity index (χ3v) is 5.54. The maximum Gasteiger partial charge on any atom is 0.311 e. The number of carboxylic acid groups (broad SMARTS) is 1. The number of aliphatic carboxylic acids is 1. The summed E-state index contributed by atoms with van der Waals surface area (Å²) in [7, 11) is 0. The standard InChI is InChI=1S/C25H22FN3O4/c1-2-16(25(31)32)17-5-3-4-6-21(17)29-24(30)20-12-19(14-7-9-28-15(11-14)13-27)23-18(22(20)26)8-10-33-23/h3-12,16H,2,13,27H2,1H3,(H,29,30)(H,31,32). The Bertz CT molecular complexity index is 1350. The van der Waals surface area contributed by atoms with E-state index >= 15 is 4.39 Å². The Morgan fingerprint density at radius 2 is 2.00 bits per heavy atom. The van der Waals surface area contributed by atoms with Crippen LogP contribution in [0.5, 0.6) is 0 Å². The summed E-state index contributed by atoms with van der Waals surface area (Å²) in [5, 5.41) is 12.4. The van der Waals surface area contributed by atoms with Gasteiger partial charge in [-0.2, -0.15) is 0 Å². The molecule has 1 atom stereocenters. The summed E-state index contributed by atoms with van der Waals surface area (Å²) in [5.74, 6) is -3.22. The molecule has 0 radical (unpaired) electrons. The lowest BCUT2D eigenvalue weighted by Crippen LogP contribution is -2.18. The topological polar surface area (TPSA) is 118 Å². The Morgan fingerprint density at radius 3 is 2.73 bits per heavy atom. The number of halogens is 1. The second kappa shape index (κ2) is 9.22. The third-order valence-electron chi connectivity index (χ3n) is 5.54. The Balaban J connectivity index is 1.79. The molecule has 0 saturated heterocycles. The normalized spacial score (nSPS) is 12.0. The zero-order valence-electron chi connectivity index (χ0n) is 17.8. The average molecular weight is 447 g/mol. The number of aromatic nitrogens is 1. The minimum atomic E-state index is -0.999. The fourth-order valence-electron chi connectivity index (χ4n) is 3.88. The maximum absolute atomic E-state index is 15.3. The largest absolute Gasteiger partial charge is 0.481 e. The molecule has 0 saturated carbocycles. The lowest BCUT2D eigenvalue weighted by molar-refractivity contribution is -0.138. The van der Waals surface area contributed by atoms with Crippen LogP contribution in [0.3, 0.4) is 0 Å². The van der Waals surface area contributed by atoms with Gasteiger partial charge >= 0.3 is 5.97 Å². The van der Waals surface area contributed by atoms with E-state index in [1.807, 2.05) is 0 Å². The van der Waals surface area contributed by atoms with Crippen LogP contribution >= 0.6 is 0 Å². The van der Waals surface area contributed by atoms with Crippen molar-refractivity contribution in [3.8, 4) is 11.1 Å². The van der Waals surface area contributed by atoms with E-state index in [2.05, 4.69) is 10.3 Å². The van der Waals surface area contributed by atoms with E-state index in [1.165, 1.54) is 18.4 Å². The van der Waals surface area contributed by atoms with Gasteiger partial charge in [-0.05, 0) is 47.9 Å². The van der Waals surface area contributed by atoms with Crippen molar-refractivity contribution < 1.29 is 23.5 Å². The first-order chi connectivity index (χ1) is 15.9. The minimum Gasteiger partial charge on any atom is -0.481 e. The van der Waals surface area contributed by atoms with Gasteiger partial charge in [-0.25, -0.2) is 4.39 Å². The van der Waals surface area contributed by atoms with Crippen LogP contribution in [0, 0.1) is 5.82 Å². The van der Waals surface area contributed by atoms with Crippen molar-refractivity contribution in [3.63, 3.8) is 0 Å². The number of carboxylic acids is 1.